The zero-order valence-electron chi connectivity index (χ0n) is 12.1. The van der Waals surface area contributed by atoms with Gasteiger partial charge in [-0.1, -0.05) is 0 Å². The average molecular weight is 278 g/mol. The number of benzene rings is 1. The zero-order valence-corrected chi connectivity index (χ0v) is 12.1. The minimum atomic E-state index is -0.529. The van der Waals surface area contributed by atoms with Crippen LogP contribution in [-0.4, -0.2) is 67.9 Å². The van der Waals surface area contributed by atoms with Gasteiger partial charge in [0, 0.05) is 44.4 Å². The lowest BCUT2D eigenvalue weighted by atomic mass is 9.95. The summed E-state index contributed by atoms with van der Waals surface area (Å²) in [6.07, 6.45) is -0.529. The molecule has 3 fully saturated rings. The SMILES string of the molecule is COc1ccc(C(O)C2CN3CCN2CC3)c(OC)c1. The molecule has 0 aromatic heterocycles. The topological polar surface area (TPSA) is 45.2 Å². The van der Waals surface area contributed by atoms with Gasteiger partial charge in [-0.25, -0.2) is 0 Å². The monoisotopic (exact) mass is 278 g/mol. The van der Waals surface area contributed by atoms with E-state index in [2.05, 4.69) is 9.80 Å². The summed E-state index contributed by atoms with van der Waals surface area (Å²) in [5, 5.41) is 10.8. The predicted molar refractivity (Wildman–Crippen MR) is 76.3 cm³/mol. The summed E-state index contributed by atoms with van der Waals surface area (Å²) < 4.78 is 10.6. The molecule has 2 unspecified atom stereocenters. The average Bonchev–Trinajstić information content (AvgIpc) is 2.54. The smallest absolute Gasteiger partial charge is 0.128 e. The zero-order chi connectivity index (χ0) is 14.1. The third-order valence-corrected chi connectivity index (χ3v) is 4.44. The molecule has 0 aliphatic carbocycles. The van der Waals surface area contributed by atoms with Crippen molar-refractivity contribution in [3.8, 4) is 11.5 Å². The number of aliphatic hydroxyl groups excluding tert-OH is 1. The maximum absolute atomic E-state index is 10.8. The van der Waals surface area contributed by atoms with Crippen LogP contribution in [0.2, 0.25) is 0 Å². The maximum Gasteiger partial charge on any atom is 0.128 e. The number of hydrogen-bond acceptors (Lipinski definition) is 5. The van der Waals surface area contributed by atoms with E-state index in [-0.39, 0.29) is 6.04 Å². The first-order valence-corrected chi connectivity index (χ1v) is 7.09. The first-order chi connectivity index (χ1) is 9.72. The van der Waals surface area contributed by atoms with Gasteiger partial charge in [-0.15, -0.1) is 0 Å². The van der Waals surface area contributed by atoms with Crippen LogP contribution in [0.5, 0.6) is 11.5 Å². The molecular formula is C15H22N2O3. The van der Waals surface area contributed by atoms with Crippen LogP contribution in [-0.2, 0) is 0 Å². The van der Waals surface area contributed by atoms with Gasteiger partial charge in [0.1, 0.15) is 11.5 Å². The molecule has 2 atom stereocenters. The van der Waals surface area contributed by atoms with Crippen LogP contribution in [0.15, 0.2) is 18.2 Å². The molecule has 5 heteroatoms. The van der Waals surface area contributed by atoms with Gasteiger partial charge in [0.2, 0.25) is 0 Å². The molecule has 0 radical (unpaired) electrons. The number of aliphatic hydroxyl groups is 1. The number of ether oxygens (including phenoxy) is 2. The molecule has 5 nitrogen and oxygen atoms in total. The van der Waals surface area contributed by atoms with Crippen molar-refractivity contribution in [2.45, 2.75) is 12.1 Å². The van der Waals surface area contributed by atoms with E-state index in [0.717, 1.165) is 44.0 Å². The second-order valence-electron chi connectivity index (χ2n) is 5.46. The summed E-state index contributed by atoms with van der Waals surface area (Å²) in [5.41, 5.74) is 0.840. The third kappa shape index (κ3) is 2.37. The van der Waals surface area contributed by atoms with Gasteiger partial charge in [0.05, 0.1) is 26.4 Å². The fourth-order valence-electron chi connectivity index (χ4n) is 3.23. The Morgan fingerprint density at radius 3 is 2.45 bits per heavy atom. The van der Waals surface area contributed by atoms with Gasteiger partial charge in [-0.3, -0.25) is 9.80 Å². The Kier molecular flexibility index (Phi) is 3.83. The molecule has 1 aromatic rings. The fraction of sp³-hybridized carbons (Fsp3) is 0.600. The first-order valence-electron chi connectivity index (χ1n) is 7.09. The molecule has 2 bridgehead atoms. The molecule has 110 valence electrons. The van der Waals surface area contributed by atoms with Crippen molar-refractivity contribution in [3.05, 3.63) is 23.8 Å². The van der Waals surface area contributed by atoms with Crippen molar-refractivity contribution in [1.82, 2.24) is 9.80 Å². The Labute approximate surface area is 119 Å². The van der Waals surface area contributed by atoms with Crippen LogP contribution in [0.25, 0.3) is 0 Å². The second kappa shape index (κ2) is 5.60. The highest BCUT2D eigenvalue weighted by molar-refractivity contribution is 5.42. The van der Waals surface area contributed by atoms with Gasteiger partial charge >= 0.3 is 0 Å². The Morgan fingerprint density at radius 1 is 1.15 bits per heavy atom. The molecule has 3 aliphatic rings. The summed E-state index contributed by atoms with van der Waals surface area (Å²) in [4.78, 5) is 4.80. The summed E-state index contributed by atoms with van der Waals surface area (Å²) in [6, 6.07) is 5.76. The van der Waals surface area contributed by atoms with Crippen LogP contribution in [0, 0.1) is 0 Å². The van der Waals surface area contributed by atoms with E-state index in [1.165, 1.54) is 0 Å². The normalized spacial score (nSPS) is 30.1. The van der Waals surface area contributed by atoms with E-state index in [4.69, 9.17) is 9.47 Å². The van der Waals surface area contributed by atoms with Gasteiger partial charge in [0.15, 0.2) is 0 Å². The highest BCUT2D eigenvalue weighted by Crippen LogP contribution is 2.34. The van der Waals surface area contributed by atoms with Gasteiger partial charge < -0.3 is 14.6 Å². The van der Waals surface area contributed by atoms with Crippen LogP contribution in [0.1, 0.15) is 11.7 Å². The highest BCUT2D eigenvalue weighted by atomic mass is 16.5. The minimum absolute atomic E-state index is 0.153. The largest absolute Gasteiger partial charge is 0.497 e. The summed E-state index contributed by atoms with van der Waals surface area (Å²) in [7, 11) is 3.26. The molecule has 3 aliphatic heterocycles. The minimum Gasteiger partial charge on any atom is -0.497 e. The van der Waals surface area contributed by atoms with E-state index in [1.807, 2.05) is 18.2 Å². The lowest BCUT2D eigenvalue weighted by molar-refractivity contribution is -0.0475. The van der Waals surface area contributed by atoms with E-state index < -0.39 is 6.10 Å². The number of fused-ring (bicyclic) bond motifs is 3. The van der Waals surface area contributed by atoms with Crippen molar-refractivity contribution in [2.24, 2.45) is 0 Å². The van der Waals surface area contributed by atoms with E-state index in [1.54, 1.807) is 14.2 Å². The molecule has 0 spiro atoms. The summed E-state index contributed by atoms with van der Waals surface area (Å²) >= 11 is 0. The number of rotatable bonds is 4. The summed E-state index contributed by atoms with van der Waals surface area (Å²) in [5.74, 6) is 1.43. The Bertz CT molecular complexity index is 472. The van der Waals surface area contributed by atoms with Gasteiger partial charge in [-0.2, -0.15) is 0 Å². The molecule has 20 heavy (non-hydrogen) atoms. The predicted octanol–water partition coefficient (Wildman–Crippen LogP) is 0.737. The number of nitrogens with zero attached hydrogens (tertiary/aromatic N) is 2. The van der Waals surface area contributed by atoms with E-state index in [0.29, 0.717) is 5.75 Å². The summed E-state index contributed by atoms with van der Waals surface area (Å²) in [6.45, 7) is 5.24. The van der Waals surface area contributed by atoms with Crippen LogP contribution in [0.4, 0.5) is 0 Å². The molecule has 1 N–H and O–H groups in total. The lowest BCUT2D eigenvalue weighted by Crippen LogP contribution is -2.62. The standard InChI is InChI=1S/C15H22N2O3/c1-19-11-3-4-12(14(9-11)20-2)15(18)13-10-16-5-7-17(13)8-6-16/h3-4,9,13,15,18H,5-8,10H2,1-2H3. The van der Waals surface area contributed by atoms with Gasteiger partial charge in [-0.05, 0) is 12.1 Å². The molecule has 3 heterocycles. The first kappa shape index (κ1) is 13.7. The number of hydrogen-bond donors (Lipinski definition) is 1. The molecule has 1 aromatic carbocycles. The van der Waals surface area contributed by atoms with Crippen LogP contribution < -0.4 is 9.47 Å². The van der Waals surface area contributed by atoms with E-state index >= 15 is 0 Å². The molecular weight excluding hydrogens is 256 g/mol. The fourth-order valence-corrected chi connectivity index (χ4v) is 3.23. The van der Waals surface area contributed by atoms with Gasteiger partial charge in [0.25, 0.3) is 0 Å². The Morgan fingerprint density at radius 2 is 1.90 bits per heavy atom. The molecule has 4 rings (SSSR count). The quantitative estimate of drug-likeness (QED) is 0.880. The van der Waals surface area contributed by atoms with Crippen LogP contribution >= 0.6 is 0 Å². The Balaban J connectivity index is 1.84. The van der Waals surface area contributed by atoms with Crippen molar-refractivity contribution in [1.29, 1.82) is 0 Å². The molecule has 0 saturated carbocycles. The maximum atomic E-state index is 10.8. The number of piperazine rings is 3. The van der Waals surface area contributed by atoms with Crippen molar-refractivity contribution >= 4 is 0 Å². The lowest BCUT2D eigenvalue weighted by Gasteiger charge is -2.49. The molecule has 3 saturated heterocycles. The van der Waals surface area contributed by atoms with Crippen molar-refractivity contribution < 1.29 is 14.6 Å². The van der Waals surface area contributed by atoms with E-state index in [9.17, 15) is 5.11 Å². The number of methoxy groups -OCH3 is 2. The second-order valence-corrected chi connectivity index (χ2v) is 5.46. The van der Waals surface area contributed by atoms with Crippen LogP contribution in [0.3, 0.4) is 0 Å². The Hall–Kier alpha value is -1.30. The highest BCUT2D eigenvalue weighted by Gasteiger charge is 2.37. The van der Waals surface area contributed by atoms with Crippen molar-refractivity contribution in [3.63, 3.8) is 0 Å². The van der Waals surface area contributed by atoms with Crippen molar-refractivity contribution in [2.75, 3.05) is 46.9 Å². The third-order valence-electron chi connectivity index (χ3n) is 4.44. The molecule has 0 amide bonds.